The topological polar surface area (TPSA) is 25.2 Å². The average molecular weight is 276 g/mol. The van der Waals surface area contributed by atoms with Crippen LogP contribution in [0.5, 0.6) is 0 Å². The van der Waals surface area contributed by atoms with Crippen molar-refractivity contribution in [3.63, 3.8) is 0 Å². The van der Waals surface area contributed by atoms with Gasteiger partial charge in [0.2, 0.25) is 0 Å². The number of hydrogen-bond donors (Lipinski definition) is 0. The van der Waals surface area contributed by atoms with Crippen LogP contribution >= 0.6 is 0 Å². The van der Waals surface area contributed by atoms with Crippen LogP contribution in [0.3, 0.4) is 0 Å². The van der Waals surface area contributed by atoms with Crippen LogP contribution < -0.4 is 0 Å². The molecule has 1 aromatic heterocycles. The maximum absolute atomic E-state index is 12.6. The predicted molar refractivity (Wildman–Crippen MR) is 83.5 cm³/mol. The van der Waals surface area contributed by atoms with Crippen LogP contribution in [0.4, 0.5) is 0 Å². The highest BCUT2D eigenvalue weighted by Crippen LogP contribution is 2.22. The number of likely N-dealkylation sites (tertiary alicyclic amines) is 1. The van der Waals surface area contributed by atoms with E-state index in [4.69, 9.17) is 0 Å². The van der Waals surface area contributed by atoms with Crippen molar-refractivity contribution in [3.05, 3.63) is 23.0 Å². The Morgan fingerprint density at radius 2 is 2.10 bits per heavy atom. The molecule has 1 atom stereocenters. The molecule has 1 aromatic rings. The molecule has 0 saturated carbocycles. The Kier molecular flexibility index (Phi) is 4.69. The highest BCUT2D eigenvalue weighted by atomic mass is 16.1. The molecule has 1 aliphatic rings. The number of Topliss-reactive ketones (excluding diaryl/α,β-unsaturated/α-hetero) is 1. The molecule has 20 heavy (non-hydrogen) atoms. The third-order valence-corrected chi connectivity index (χ3v) is 4.41. The number of hydrogen-bond acceptors (Lipinski definition) is 2. The zero-order chi connectivity index (χ0) is 14.9. The van der Waals surface area contributed by atoms with Crippen molar-refractivity contribution in [3.8, 4) is 0 Å². The molecule has 1 fully saturated rings. The highest BCUT2D eigenvalue weighted by Gasteiger charge is 2.22. The van der Waals surface area contributed by atoms with E-state index in [1.54, 1.807) is 0 Å². The van der Waals surface area contributed by atoms with Gasteiger partial charge in [-0.1, -0.05) is 6.92 Å². The second-order valence-electron chi connectivity index (χ2n) is 6.65. The molecule has 112 valence electrons. The first kappa shape index (κ1) is 15.3. The monoisotopic (exact) mass is 276 g/mol. The van der Waals surface area contributed by atoms with Gasteiger partial charge in [0.1, 0.15) is 0 Å². The fourth-order valence-electron chi connectivity index (χ4n) is 3.57. The van der Waals surface area contributed by atoms with E-state index in [0.29, 0.717) is 12.6 Å². The highest BCUT2D eigenvalue weighted by molar-refractivity contribution is 5.99. The van der Waals surface area contributed by atoms with Crippen LogP contribution in [0, 0.1) is 19.8 Å². The van der Waals surface area contributed by atoms with Crippen molar-refractivity contribution in [1.82, 2.24) is 9.47 Å². The Balaban J connectivity index is 2.11. The van der Waals surface area contributed by atoms with E-state index in [2.05, 4.69) is 50.2 Å². The van der Waals surface area contributed by atoms with Gasteiger partial charge in [0, 0.05) is 29.5 Å². The molecule has 1 saturated heterocycles. The van der Waals surface area contributed by atoms with Gasteiger partial charge in [0.25, 0.3) is 0 Å². The Morgan fingerprint density at radius 3 is 2.65 bits per heavy atom. The van der Waals surface area contributed by atoms with E-state index >= 15 is 0 Å². The molecule has 2 rings (SSSR count). The summed E-state index contributed by atoms with van der Waals surface area (Å²) in [6.45, 7) is 13.5. The lowest BCUT2D eigenvalue weighted by molar-refractivity contribution is 0.0892. The Morgan fingerprint density at radius 1 is 1.40 bits per heavy atom. The van der Waals surface area contributed by atoms with E-state index in [9.17, 15) is 4.79 Å². The van der Waals surface area contributed by atoms with Crippen LogP contribution in [0.1, 0.15) is 61.4 Å². The molecule has 0 aliphatic carbocycles. The number of aryl methyl sites for hydroxylation is 1. The van der Waals surface area contributed by atoms with Crippen LogP contribution in [0.25, 0.3) is 0 Å². The number of ketones is 1. The van der Waals surface area contributed by atoms with Crippen LogP contribution in [-0.2, 0) is 0 Å². The summed E-state index contributed by atoms with van der Waals surface area (Å²) in [5, 5.41) is 0. The number of aromatic nitrogens is 1. The zero-order valence-electron chi connectivity index (χ0n) is 13.6. The molecule has 3 nitrogen and oxygen atoms in total. The van der Waals surface area contributed by atoms with E-state index < -0.39 is 0 Å². The van der Waals surface area contributed by atoms with Crippen LogP contribution in [-0.4, -0.2) is 34.9 Å². The SMILES string of the molecule is Cc1cc(C(=O)CN2CCCC(C)C2)c(C)n1C(C)C. The molecule has 0 spiro atoms. The molecular weight excluding hydrogens is 248 g/mol. The van der Waals surface area contributed by atoms with Crippen molar-refractivity contribution >= 4 is 5.78 Å². The summed E-state index contributed by atoms with van der Waals surface area (Å²) in [7, 11) is 0. The van der Waals surface area contributed by atoms with Crippen molar-refractivity contribution in [2.24, 2.45) is 5.92 Å². The molecule has 0 radical (unpaired) electrons. The molecular formula is C17H28N2O. The Bertz CT molecular complexity index is 487. The Labute approximate surface area is 123 Å². The summed E-state index contributed by atoms with van der Waals surface area (Å²) in [5.41, 5.74) is 3.22. The molecule has 0 aromatic carbocycles. The fourth-order valence-corrected chi connectivity index (χ4v) is 3.57. The third kappa shape index (κ3) is 3.14. The van der Waals surface area contributed by atoms with Crippen LogP contribution in [0.2, 0.25) is 0 Å². The smallest absolute Gasteiger partial charge is 0.178 e. The van der Waals surface area contributed by atoms with Gasteiger partial charge in [-0.05, 0) is 59.1 Å². The van der Waals surface area contributed by atoms with Crippen molar-refractivity contribution in [1.29, 1.82) is 0 Å². The summed E-state index contributed by atoms with van der Waals surface area (Å²) in [4.78, 5) is 14.9. The van der Waals surface area contributed by atoms with Gasteiger partial charge in [0.05, 0.1) is 6.54 Å². The first-order chi connectivity index (χ1) is 9.40. The minimum absolute atomic E-state index is 0.277. The summed E-state index contributed by atoms with van der Waals surface area (Å²) in [5.74, 6) is 0.999. The maximum Gasteiger partial charge on any atom is 0.178 e. The van der Waals surface area contributed by atoms with Gasteiger partial charge in [-0.2, -0.15) is 0 Å². The van der Waals surface area contributed by atoms with Crippen molar-refractivity contribution < 1.29 is 4.79 Å². The van der Waals surface area contributed by atoms with Gasteiger partial charge in [-0.3, -0.25) is 9.69 Å². The summed E-state index contributed by atoms with van der Waals surface area (Å²) < 4.78 is 2.26. The standard InChI is InChI=1S/C17H28N2O/c1-12(2)19-14(4)9-16(15(19)5)17(20)11-18-8-6-7-13(3)10-18/h9,12-13H,6-8,10-11H2,1-5H3. The van der Waals surface area contributed by atoms with Gasteiger partial charge in [-0.25, -0.2) is 0 Å². The first-order valence-corrected chi connectivity index (χ1v) is 7.84. The van der Waals surface area contributed by atoms with E-state index in [1.807, 2.05) is 0 Å². The lowest BCUT2D eigenvalue weighted by Crippen LogP contribution is -2.38. The van der Waals surface area contributed by atoms with E-state index in [-0.39, 0.29) is 5.78 Å². The number of nitrogens with zero attached hydrogens (tertiary/aromatic N) is 2. The molecule has 2 heterocycles. The lowest BCUT2D eigenvalue weighted by Gasteiger charge is -2.30. The maximum atomic E-state index is 12.6. The molecule has 3 heteroatoms. The normalized spacial score (nSPS) is 20.6. The summed E-state index contributed by atoms with van der Waals surface area (Å²) in [6.07, 6.45) is 2.52. The van der Waals surface area contributed by atoms with Gasteiger partial charge >= 0.3 is 0 Å². The Hall–Kier alpha value is -1.09. The number of carbonyl (C=O) groups is 1. The number of carbonyl (C=O) groups excluding carboxylic acids is 1. The quantitative estimate of drug-likeness (QED) is 0.785. The minimum Gasteiger partial charge on any atom is -0.346 e. The largest absolute Gasteiger partial charge is 0.346 e. The lowest BCUT2D eigenvalue weighted by atomic mass is 9.99. The molecule has 1 unspecified atom stereocenters. The fraction of sp³-hybridized carbons (Fsp3) is 0.706. The summed E-state index contributed by atoms with van der Waals surface area (Å²) >= 11 is 0. The predicted octanol–water partition coefficient (Wildman–Crippen LogP) is 3.60. The second kappa shape index (κ2) is 6.13. The van der Waals surface area contributed by atoms with E-state index in [1.165, 1.54) is 18.5 Å². The van der Waals surface area contributed by atoms with Crippen molar-refractivity contribution in [2.75, 3.05) is 19.6 Å². The second-order valence-corrected chi connectivity index (χ2v) is 6.65. The number of piperidine rings is 1. The molecule has 0 amide bonds. The summed E-state index contributed by atoms with van der Waals surface area (Å²) in [6, 6.07) is 2.47. The van der Waals surface area contributed by atoms with Gasteiger partial charge < -0.3 is 4.57 Å². The third-order valence-electron chi connectivity index (χ3n) is 4.41. The number of rotatable bonds is 4. The zero-order valence-corrected chi connectivity index (χ0v) is 13.6. The molecule has 0 bridgehead atoms. The molecule has 0 N–H and O–H groups in total. The van der Waals surface area contributed by atoms with Gasteiger partial charge in [0.15, 0.2) is 5.78 Å². The average Bonchev–Trinajstić information content (AvgIpc) is 2.64. The first-order valence-electron chi connectivity index (χ1n) is 7.84. The minimum atomic E-state index is 0.277. The molecule has 1 aliphatic heterocycles. The van der Waals surface area contributed by atoms with Crippen molar-refractivity contribution in [2.45, 2.75) is 53.5 Å². The van der Waals surface area contributed by atoms with E-state index in [0.717, 1.165) is 30.3 Å². The van der Waals surface area contributed by atoms with Gasteiger partial charge in [-0.15, -0.1) is 0 Å². The van der Waals surface area contributed by atoms with Crippen LogP contribution in [0.15, 0.2) is 6.07 Å².